The lowest BCUT2D eigenvalue weighted by Gasteiger charge is -2.05. The van der Waals surface area contributed by atoms with E-state index in [0.717, 1.165) is 25.4 Å². The van der Waals surface area contributed by atoms with Crippen LogP contribution in [0.1, 0.15) is 30.8 Å². The minimum atomic E-state index is 0.551. The topological polar surface area (TPSA) is 39.1 Å². The maximum absolute atomic E-state index is 5.35. The van der Waals surface area contributed by atoms with Crippen molar-refractivity contribution in [3.63, 3.8) is 0 Å². The molecule has 0 spiro atoms. The van der Waals surface area contributed by atoms with Crippen LogP contribution in [0.25, 0.3) is 0 Å². The van der Waals surface area contributed by atoms with Gasteiger partial charge in [0.15, 0.2) is 0 Å². The second-order valence-corrected chi connectivity index (χ2v) is 3.55. The molecule has 0 fully saturated rings. The summed E-state index contributed by atoms with van der Waals surface area (Å²) in [6.07, 6.45) is 0. The Labute approximate surface area is 91.6 Å². The highest BCUT2D eigenvalue weighted by molar-refractivity contribution is 5.24. The van der Waals surface area contributed by atoms with Crippen molar-refractivity contribution in [1.29, 1.82) is 0 Å². The molecule has 1 N–H and O–H groups in total. The number of aryl methyl sites for hydroxylation is 1. The lowest BCUT2D eigenvalue weighted by Crippen LogP contribution is -2.13. The lowest BCUT2D eigenvalue weighted by atomic mass is 10.2. The molecule has 0 bridgehead atoms. The molecule has 1 rings (SSSR count). The van der Waals surface area contributed by atoms with Crippen LogP contribution >= 0.6 is 0 Å². The van der Waals surface area contributed by atoms with Crippen LogP contribution in [-0.2, 0) is 18.0 Å². The molecule has 4 nitrogen and oxygen atoms in total. The van der Waals surface area contributed by atoms with Gasteiger partial charge in [-0.1, -0.05) is 6.92 Å². The highest BCUT2D eigenvalue weighted by Gasteiger charge is 2.10. The molecule has 1 aromatic heterocycles. The predicted octanol–water partition coefficient (Wildman–Crippen LogP) is 1.60. The van der Waals surface area contributed by atoms with Gasteiger partial charge in [0.25, 0.3) is 0 Å². The van der Waals surface area contributed by atoms with E-state index in [-0.39, 0.29) is 0 Å². The molecule has 0 aliphatic rings. The highest BCUT2D eigenvalue weighted by Crippen LogP contribution is 2.12. The Bertz CT molecular complexity index is 307. The summed E-state index contributed by atoms with van der Waals surface area (Å²) >= 11 is 0. The normalized spacial score (nSPS) is 10.9. The monoisotopic (exact) mass is 211 g/mol. The van der Waals surface area contributed by atoms with E-state index in [1.165, 1.54) is 11.3 Å². The molecule has 0 unspecified atom stereocenters. The van der Waals surface area contributed by atoms with E-state index in [1.807, 2.05) is 18.5 Å². The molecule has 86 valence electrons. The zero-order valence-corrected chi connectivity index (χ0v) is 10.1. The Morgan fingerprint density at radius 1 is 1.33 bits per heavy atom. The molecule has 0 saturated heterocycles. The van der Waals surface area contributed by atoms with E-state index in [9.17, 15) is 0 Å². The molecule has 0 radical (unpaired) electrons. The molecular weight excluding hydrogens is 190 g/mol. The zero-order valence-electron chi connectivity index (χ0n) is 10.1. The van der Waals surface area contributed by atoms with Crippen LogP contribution in [0.3, 0.4) is 0 Å². The average molecular weight is 211 g/mol. The molecule has 0 aliphatic heterocycles. The summed E-state index contributed by atoms with van der Waals surface area (Å²) in [4.78, 5) is 0. The van der Waals surface area contributed by atoms with Crippen molar-refractivity contribution in [2.45, 2.75) is 41.0 Å². The van der Waals surface area contributed by atoms with Crippen LogP contribution in [0.2, 0.25) is 0 Å². The van der Waals surface area contributed by atoms with Crippen molar-refractivity contribution >= 4 is 0 Å². The smallest absolute Gasteiger partial charge is 0.139 e. The van der Waals surface area contributed by atoms with Crippen molar-refractivity contribution in [2.24, 2.45) is 0 Å². The fourth-order valence-corrected chi connectivity index (χ4v) is 1.54. The number of nitrogens with zero attached hydrogens (tertiary/aromatic N) is 2. The Hall–Kier alpha value is -0.870. The third-order valence-electron chi connectivity index (χ3n) is 2.50. The van der Waals surface area contributed by atoms with E-state index in [2.05, 4.69) is 24.3 Å². The highest BCUT2D eigenvalue weighted by atomic mass is 16.5. The van der Waals surface area contributed by atoms with Gasteiger partial charge in [-0.3, -0.25) is 0 Å². The summed E-state index contributed by atoms with van der Waals surface area (Å²) in [5.41, 5.74) is 3.58. The van der Waals surface area contributed by atoms with Crippen molar-refractivity contribution in [3.05, 3.63) is 17.0 Å². The second kappa shape index (κ2) is 5.88. The first-order valence-electron chi connectivity index (χ1n) is 5.52. The summed E-state index contributed by atoms with van der Waals surface area (Å²) in [5.74, 6) is 0. The summed E-state index contributed by atoms with van der Waals surface area (Å²) in [7, 11) is 0. The molecule has 4 heteroatoms. The SMILES string of the molecule is CCNCc1c(C)nn(COCC)c1C. The molecule has 1 heterocycles. The van der Waals surface area contributed by atoms with Gasteiger partial charge in [-0.05, 0) is 27.3 Å². The second-order valence-electron chi connectivity index (χ2n) is 3.55. The molecule has 15 heavy (non-hydrogen) atoms. The molecule has 0 saturated carbocycles. The maximum Gasteiger partial charge on any atom is 0.139 e. The van der Waals surface area contributed by atoms with Crippen LogP contribution in [-0.4, -0.2) is 22.9 Å². The van der Waals surface area contributed by atoms with Crippen LogP contribution in [0.5, 0.6) is 0 Å². The third-order valence-corrected chi connectivity index (χ3v) is 2.50. The first kappa shape index (κ1) is 12.2. The number of aromatic nitrogens is 2. The first-order chi connectivity index (χ1) is 7.20. The molecule has 0 atom stereocenters. The lowest BCUT2D eigenvalue weighted by molar-refractivity contribution is 0.0774. The van der Waals surface area contributed by atoms with E-state index in [0.29, 0.717) is 6.73 Å². The average Bonchev–Trinajstić information content (AvgIpc) is 2.49. The van der Waals surface area contributed by atoms with Gasteiger partial charge in [-0.25, -0.2) is 4.68 Å². The minimum Gasteiger partial charge on any atom is -0.360 e. The van der Waals surface area contributed by atoms with Gasteiger partial charge in [-0.15, -0.1) is 0 Å². The summed E-state index contributed by atoms with van der Waals surface area (Å²) in [6, 6.07) is 0. The van der Waals surface area contributed by atoms with Gasteiger partial charge in [0.1, 0.15) is 6.73 Å². The van der Waals surface area contributed by atoms with Gasteiger partial charge in [0.2, 0.25) is 0 Å². The van der Waals surface area contributed by atoms with E-state index in [4.69, 9.17) is 4.74 Å². The largest absolute Gasteiger partial charge is 0.360 e. The Kier molecular flexibility index (Phi) is 4.78. The minimum absolute atomic E-state index is 0.551. The van der Waals surface area contributed by atoms with Crippen molar-refractivity contribution < 1.29 is 4.74 Å². The van der Waals surface area contributed by atoms with Crippen LogP contribution in [0.4, 0.5) is 0 Å². The fourth-order valence-electron chi connectivity index (χ4n) is 1.54. The van der Waals surface area contributed by atoms with Gasteiger partial charge >= 0.3 is 0 Å². The molecule has 0 amide bonds. The Morgan fingerprint density at radius 3 is 2.67 bits per heavy atom. The van der Waals surface area contributed by atoms with Gasteiger partial charge < -0.3 is 10.1 Å². The fraction of sp³-hybridized carbons (Fsp3) is 0.727. The van der Waals surface area contributed by atoms with E-state index < -0.39 is 0 Å². The molecule has 0 aromatic carbocycles. The van der Waals surface area contributed by atoms with E-state index in [1.54, 1.807) is 0 Å². The van der Waals surface area contributed by atoms with Crippen molar-refractivity contribution in [3.8, 4) is 0 Å². The van der Waals surface area contributed by atoms with Crippen LogP contribution in [0, 0.1) is 13.8 Å². The van der Waals surface area contributed by atoms with Crippen molar-refractivity contribution in [2.75, 3.05) is 13.2 Å². The zero-order chi connectivity index (χ0) is 11.3. The standard InChI is InChI=1S/C11H21N3O/c1-5-12-7-11-9(3)13-14(10(11)4)8-15-6-2/h12H,5-8H2,1-4H3. The van der Waals surface area contributed by atoms with Crippen LogP contribution in [0.15, 0.2) is 0 Å². The number of hydrogen-bond acceptors (Lipinski definition) is 3. The first-order valence-corrected chi connectivity index (χ1v) is 5.52. The van der Waals surface area contributed by atoms with E-state index >= 15 is 0 Å². The van der Waals surface area contributed by atoms with Gasteiger partial charge in [-0.2, -0.15) is 5.10 Å². The number of rotatable bonds is 6. The molecule has 1 aromatic rings. The number of nitrogens with one attached hydrogen (secondary N) is 1. The predicted molar refractivity (Wildman–Crippen MR) is 60.7 cm³/mol. The van der Waals surface area contributed by atoms with Crippen molar-refractivity contribution in [1.82, 2.24) is 15.1 Å². The van der Waals surface area contributed by atoms with Gasteiger partial charge in [0, 0.05) is 24.4 Å². The van der Waals surface area contributed by atoms with Gasteiger partial charge in [0.05, 0.1) is 5.69 Å². The van der Waals surface area contributed by atoms with Crippen LogP contribution < -0.4 is 5.32 Å². The number of ether oxygens (including phenoxy) is 1. The summed E-state index contributed by atoms with van der Waals surface area (Å²) < 4.78 is 7.28. The summed E-state index contributed by atoms with van der Waals surface area (Å²) in [5, 5.41) is 7.77. The third kappa shape index (κ3) is 3.04. The Balaban J connectivity index is 2.74. The molecule has 0 aliphatic carbocycles. The maximum atomic E-state index is 5.35. The summed E-state index contributed by atoms with van der Waals surface area (Å²) in [6.45, 7) is 11.4. The number of hydrogen-bond donors (Lipinski definition) is 1. The molecular formula is C11H21N3O. The Morgan fingerprint density at radius 2 is 2.07 bits per heavy atom. The quantitative estimate of drug-likeness (QED) is 0.777.